The van der Waals surface area contributed by atoms with Gasteiger partial charge in [-0.3, -0.25) is 4.98 Å². The molecule has 100 valence electrons. The van der Waals surface area contributed by atoms with Gasteiger partial charge in [-0.25, -0.2) is 4.39 Å². The fourth-order valence-electron chi connectivity index (χ4n) is 2.13. The smallest absolute Gasteiger partial charge is 0.126 e. The van der Waals surface area contributed by atoms with Gasteiger partial charge in [0, 0.05) is 18.4 Å². The SMILES string of the molecule is CCNC(Cc1cccnc1)c1ccc(C)c(F)c1. The van der Waals surface area contributed by atoms with E-state index in [4.69, 9.17) is 0 Å². The van der Waals surface area contributed by atoms with Crippen molar-refractivity contribution in [2.75, 3.05) is 6.54 Å². The fourth-order valence-corrected chi connectivity index (χ4v) is 2.13. The molecule has 2 rings (SSSR count). The molecule has 1 aromatic heterocycles. The molecule has 1 atom stereocenters. The van der Waals surface area contributed by atoms with Gasteiger partial charge < -0.3 is 5.32 Å². The fraction of sp³-hybridized carbons (Fsp3) is 0.312. The molecule has 0 radical (unpaired) electrons. The predicted molar refractivity (Wildman–Crippen MR) is 75.5 cm³/mol. The minimum atomic E-state index is -0.147. The Morgan fingerprint density at radius 1 is 1.32 bits per heavy atom. The summed E-state index contributed by atoms with van der Waals surface area (Å²) in [7, 11) is 0. The number of nitrogens with one attached hydrogen (secondary N) is 1. The second kappa shape index (κ2) is 6.43. The van der Waals surface area contributed by atoms with Crippen molar-refractivity contribution < 1.29 is 4.39 Å². The Labute approximate surface area is 113 Å². The van der Waals surface area contributed by atoms with E-state index >= 15 is 0 Å². The van der Waals surface area contributed by atoms with Gasteiger partial charge in [-0.1, -0.05) is 25.1 Å². The van der Waals surface area contributed by atoms with Crippen molar-refractivity contribution in [3.63, 3.8) is 0 Å². The highest BCUT2D eigenvalue weighted by molar-refractivity contribution is 5.27. The molecule has 0 fully saturated rings. The molecule has 1 heterocycles. The largest absolute Gasteiger partial charge is 0.310 e. The summed E-state index contributed by atoms with van der Waals surface area (Å²) in [5, 5.41) is 3.40. The average Bonchev–Trinajstić information content (AvgIpc) is 2.43. The topological polar surface area (TPSA) is 24.9 Å². The van der Waals surface area contributed by atoms with E-state index in [2.05, 4.69) is 17.2 Å². The van der Waals surface area contributed by atoms with Crippen LogP contribution < -0.4 is 5.32 Å². The zero-order valence-electron chi connectivity index (χ0n) is 11.4. The predicted octanol–water partition coefficient (Wildman–Crippen LogP) is 3.42. The Bertz CT molecular complexity index is 526. The quantitative estimate of drug-likeness (QED) is 0.888. The van der Waals surface area contributed by atoms with E-state index in [1.54, 1.807) is 19.2 Å². The van der Waals surface area contributed by atoms with Crippen LogP contribution in [0.25, 0.3) is 0 Å². The van der Waals surface area contributed by atoms with Crippen LogP contribution in [0.15, 0.2) is 42.7 Å². The number of aromatic nitrogens is 1. The van der Waals surface area contributed by atoms with E-state index in [1.807, 2.05) is 30.5 Å². The second-order valence-electron chi connectivity index (χ2n) is 4.68. The minimum Gasteiger partial charge on any atom is -0.310 e. The third kappa shape index (κ3) is 3.61. The number of likely N-dealkylation sites (N-methyl/N-ethyl adjacent to an activating group) is 1. The highest BCUT2D eigenvalue weighted by Crippen LogP contribution is 2.20. The number of benzene rings is 1. The first kappa shape index (κ1) is 13.7. The Balaban J connectivity index is 2.21. The van der Waals surface area contributed by atoms with Crippen molar-refractivity contribution in [3.05, 3.63) is 65.2 Å². The van der Waals surface area contributed by atoms with Crippen LogP contribution in [0.2, 0.25) is 0 Å². The zero-order chi connectivity index (χ0) is 13.7. The number of hydrogen-bond donors (Lipinski definition) is 1. The van der Waals surface area contributed by atoms with Gasteiger partial charge in [-0.15, -0.1) is 0 Å². The van der Waals surface area contributed by atoms with Crippen molar-refractivity contribution in [2.24, 2.45) is 0 Å². The summed E-state index contributed by atoms with van der Waals surface area (Å²) < 4.78 is 13.7. The Morgan fingerprint density at radius 2 is 2.16 bits per heavy atom. The van der Waals surface area contributed by atoms with Crippen LogP contribution in [0.4, 0.5) is 4.39 Å². The van der Waals surface area contributed by atoms with Crippen LogP contribution in [0.5, 0.6) is 0 Å². The molecule has 1 unspecified atom stereocenters. The number of nitrogens with zero attached hydrogens (tertiary/aromatic N) is 1. The van der Waals surface area contributed by atoms with Gasteiger partial charge in [0.1, 0.15) is 5.82 Å². The molecular formula is C16H19FN2. The van der Waals surface area contributed by atoms with Crippen LogP contribution >= 0.6 is 0 Å². The number of pyridine rings is 1. The van der Waals surface area contributed by atoms with Crippen molar-refractivity contribution in [1.82, 2.24) is 10.3 Å². The summed E-state index contributed by atoms with van der Waals surface area (Å²) in [5.74, 6) is -0.147. The lowest BCUT2D eigenvalue weighted by molar-refractivity contribution is 0.541. The number of hydrogen-bond acceptors (Lipinski definition) is 2. The van der Waals surface area contributed by atoms with Crippen LogP contribution in [-0.2, 0) is 6.42 Å². The van der Waals surface area contributed by atoms with Gasteiger partial charge in [0.05, 0.1) is 0 Å². The second-order valence-corrected chi connectivity index (χ2v) is 4.68. The summed E-state index contributed by atoms with van der Waals surface area (Å²) in [5.41, 5.74) is 2.81. The highest BCUT2D eigenvalue weighted by atomic mass is 19.1. The molecule has 1 N–H and O–H groups in total. The monoisotopic (exact) mass is 258 g/mol. The van der Waals surface area contributed by atoms with Crippen LogP contribution in [0.1, 0.15) is 29.7 Å². The lowest BCUT2D eigenvalue weighted by atomic mass is 9.98. The molecule has 0 amide bonds. The number of halogens is 1. The van der Waals surface area contributed by atoms with E-state index in [1.165, 1.54) is 0 Å². The molecule has 0 saturated carbocycles. The summed E-state index contributed by atoms with van der Waals surface area (Å²) >= 11 is 0. The summed E-state index contributed by atoms with van der Waals surface area (Å²) in [4.78, 5) is 4.12. The van der Waals surface area contributed by atoms with Crippen LogP contribution in [0.3, 0.4) is 0 Å². The Hall–Kier alpha value is -1.74. The Morgan fingerprint density at radius 3 is 2.79 bits per heavy atom. The molecule has 2 nitrogen and oxygen atoms in total. The normalized spacial score (nSPS) is 12.4. The highest BCUT2D eigenvalue weighted by Gasteiger charge is 2.12. The van der Waals surface area contributed by atoms with Gasteiger partial charge >= 0.3 is 0 Å². The van der Waals surface area contributed by atoms with E-state index in [0.717, 1.165) is 24.1 Å². The average molecular weight is 258 g/mol. The van der Waals surface area contributed by atoms with Gasteiger partial charge in [0.2, 0.25) is 0 Å². The maximum absolute atomic E-state index is 13.7. The van der Waals surface area contributed by atoms with Crippen molar-refractivity contribution in [1.29, 1.82) is 0 Å². The maximum atomic E-state index is 13.7. The summed E-state index contributed by atoms with van der Waals surface area (Å²) in [6, 6.07) is 9.53. The zero-order valence-corrected chi connectivity index (χ0v) is 11.4. The third-order valence-corrected chi connectivity index (χ3v) is 3.21. The molecule has 19 heavy (non-hydrogen) atoms. The third-order valence-electron chi connectivity index (χ3n) is 3.21. The standard InChI is InChI=1S/C16H19FN2/c1-3-19-16(9-13-5-4-8-18-11-13)14-7-6-12(2)15(17)10-14/h4-8,10-11,16,19H,3,9H2,1-2H3. The molecule has 1 aromatic carbocycles. The first-order valence-electron chi connectivity index (χ1n) is 6.59. The van der Waals surface area contributed by atoms with Crippen molar-refractivity contribution in [2.45, 2.75) is 26.3 Å². The molecule has 0 aliphatic carbocycles. The molecule has 3 heteroatoms. The van der Waals surface area contributed by atoms with E-state index in [0.29, 0.717) is 5.56 Å². The maximum Gasteiger partial charge on any atom is 0.126 e. The molecule has 2 aromatic rings. The van der Waals surface area contributed by atoms with Gasteiger partial charge in [0.25, 0.3) is 0 Å². The van der Waals surface area contributed by atoms with Crippen molar-refractivity contribution >= 4 is 0 Å². The number of aryl methyl sites for hydroxylation is 1. The van der Waals surface area contributed by atoms with E-state index in [-0.39, 0.29) is 11.9 Å². The van der Waals surface area contributed by atoms with Crippen LogP contribution in [-0.4, -0.2) is 11.5 Å². The molecule has 0 spiro atoms. The molecule has 0 bridgehead atoms. The molecule has 0 saturated heterocycles. The van der Waals surface area contributed by atoms with Crippen LogP contribution in [0, 0.1) is 12.7 Å². The van der Waals surface area contributed by atoms with Crippen molar-refractivity contribution in [3.8, 4) is 0 Å². The Kier molecular flexibility index (Phi) is 4.63. The van der Waals surface area contributed by atoms with Gasteiger partial charge in [-0.05, 0) is 48.7 Å². The molecular weight excluding hydrogens is 239 g/mol. The van der Waals surface area contributed by atoms with Gasteiger partial charge in [0.15, 0.2) is 0 Å². The lowest BCUT2D eigenvalue weighted by Crippen LogP contribution is -2.23. The first-order chi connectivity index (χ1) is 9.20. The first-order valence-corrected chi connectivity index (χ1v) is 6.59. The van der Waals surface area contributed by atoms with Gasteiger partial charge in [-0.2, -0.15) is 0 Å². The van der Waals surface area contributed by atoms with E-state index < -0.39 is 0 Å². The van der Waals surface area contributed by atoms with E-state index in [9.17, 15) is 4.39 Å². The molecule has 0 aliphatic rings. The lowest BCUT2D eigenvalue weighted by Gasteiger charge is -2.19. The summed E-state index contributed by atoms with van der Waals surface area (Å²) in [6.45, 7) is 4.68. The molecule has 0 aliphatic heterocycles. The summed E-state index contributed by atoms with van der Waals surface area (Å²) in [6.07, 6.45) is 4.43. The minimum absolute atomic E-state index is 0.115. The number of rotatable bonds is 5.